The van der Waals surface area contributed by atoms with Gasteiger partial charge in [-0.05, 0) is 18.4 Å². The zero-order chi connectivity index (χ0) is 20.9. The van der Waals surface area contributed by atoms with E-state index < -0.39 is 0 Å². The molecule has 2 aliphatic rings. The second-order valence-electron chi connectivity index (χ2n) is 7.93. The Morgan fingerprint density at radius 1 is 1.07 bits per heavy atom. The SMILES string of the molecule is CC(=O)Nc1nsc(N2CCC(C(=O)N3CCN(Cc4ccccc4)CC3)CC2)n1. The Kier molecular flexibility index (Phi) is 6.59. The third kappa shape index (κ3) is 5.14. The summed E-state index contributed by atoms with van der Waals surface area (Å²) in [6.45, 7) is 7.44. The number of anilines is 2. The summed E-state index contributed by atoms with van der Waals surface area (Å²) >= 11 is 1.29. The molecule has 9 heteroatoms. The van der Waals surface area contributed by atoms with Crippen LogP contribution in [0.3, 0.4) is 0 Å². The van der Waals surface area contributed by atoms with E-state index in [0.717, 1.165) is 63.8 Å². The third-order valence-electron chi connectivity index (χ3n) is 5.75. The van der Waals surface area contributed by atoms with Crippen LogP contribution in [0.1, 0.15) is 25.3 Å². The molecule has 0 saturated carbocycles. The topological polar surface area (TPSA) is 81.7 Å². The lowest BCUT2D eigenvalue weighted by atomic mass is 9.95. The van der Waals surface area contributed by atoms with Crippen LogP contribution in [0.25, 0.3) is 0 Å². The first-order chi connectivity index (χ1) is 14.6. The number of carbonyl (C=O) groups is 2. The quantitative estimate of drug-likeness (QED) is 0.785. The first-order valence-electron chi connectivity index (χ1n) is 10.5. The smallest absolute Gasteiger partial charge is 0.243 e. The molecule has 8 nitrogen and oxygen atoms in total. The van der Waals surface area contributed by atoms with Gasteiger partial charge in [-0.25, -0.2) is 0 Å². The highest BCUT2D eigenvalue weighted by atomic mass is 32.1. The number of aromatic nitrogens is 2. The summed E-state index contributed by atoms with van der Waals surface area (Å²) in [7, 11) is 0. The molecule has 1 aromatic carbocycles. The van der Waals surface area contributed by atoms with Crippen LogP contribution in [0.2, 0.25) is 0 Å². The fourth-order valence-electron chi connectivity index (χ4n) is 4.10. The molecular formula is C21H28N6O2S. The van der Waals surface area contributed by atoms with E-state index in [1.54, 1.807) is 0 Å². The van der Waals surface area contributed by atoms with Crippen molar-refractivity contribution in [3.63, 3.8) is 0 Å². The molecule has 30 heavy (non-hydrogen) atoms. The maximum atomic E-state index is 13.0. The standard InChI is InChI=1S/C21H28N6O2S/c1-16(28)22-20-23-21(30-24-20)27-9-7-18(8-10-27)19(29)26-13-11-25(12-14-26)15-17-5-3-2-4-6-17/h2-6,18H,7-15H2,1H3,(H,22,24,28). The largest absolute Gasteiger partial charge is 0.347 e. The van der Waals surface area contributed by atoms with Crippen LogP contribution in [0, 0.1) is 5.92 Å². The van der Waals surface area contributed by atoms with Crippen molar-refractivity contribution in [2.75, 3.05) is 49.5 Å². The fraction of sp³-hybridized carbons (Fsp3) is 0.524. The van der Waals surface area contributed by atoms with Gasteiger partial charge < -0.3 is 9.80 Å². The number of carbonyl (C=O) groups excluding carboxylic acids is 2. The number of nitrogens with zero attached hydrogens (tertiary/aromatic N) is 5. The van der Waals surface area contributed by atoms with Gasteiger partial charge in [0.25, 0.3) is 0 Å². The Balaban J connectivity index is 1.23. The number of hydrogen-bond acceptors (Lipinski definition) is 7. The van der Waals surface area contributed by atoms with Crippen molar-refractivity contribution in [2.45, 2.75) is 26.3 Å². The van der Waals surface area contributed by atoms with Crippen LogP contribution < -0.4 is 10.2 Å². The summed E-state index contributed by atoms with van der Waals surface area (Å²) in [5.41, 5.74) is 1.32. The van der Waals surface area contributed by atoms with E-state index in [1.165, 1.54) is 24.0 Å². The molecular weight excluding hydrogens is 400 g/mol. The van der Waals surface area contributed by atoms with Crippen molar-refractivity contribution in [3.05, 3.63) is 35.9 Å². The average Bonchev–Trinajstić information content (AvgIpc) is 3.22. The first-order valence-corrected chi connectivity index (χ1v) is 11.3. The second kappa shape index (κ2) is 9.53. The molecule has 160 valence electrons. The number of rotatable bonds is 5. The van der Waals surface area contributed by atoms with E-state index in [0.29, 0.717) is 11.9 Å². The lowest BCUT2D eigenvalue weighted by molar-refractivity contribution is -0.138. The van der Waals surface area contributed by atoms with Crippen molar-refractivity contribution < 1.29 is 9.59 Å². The van der Waals surface area contributed by atoms with Crippen molar-refractivity contribution >= 4 is 34.4 Å². The van der Waals surface area contributed by atoms with Gasteiger partial charge in [0.1, 0.15) is 0 Å². The Morgan fingerprint density at radius 2 is 1.77 bits per heavy atom. The predicted molar refractivity (Wildman–Crippen MR) is 117 cm³/mol. The molecule has 2 amide bonds. The predicted octanol–water partition coefficient (Wildman–Crippen LogP) is 2.06. The Hall–Kier alpha value is -2.52. The van der Waals surface area contributed by atoms with Crippen LogP contribution in [0.5, 0.6) is 0 Å². The molecule has 2 saturated heterocycles. The zero-order valence-electron chi connectivity index (χ0n) is 17.3. The molecule has 0 aliphatic carbocycles. The Bertz CT molecular complexity index is 857. The number of nitrogens with one attached hydrogen (secondary N) is 1. The maximum Gasteiger partial charge on any atom is 0.243 e. The molecule has 2 aromatic rings. The minimum absolute atomic E-state index is 0.0876. The average molecular weight is 429 g/mol. The van der Waals surface area contributed by atoms with Gasteiger partial charge in [0, 0.05) is 70.2 Å². The fourth-order valence-corrected chi connectivity index (χ4v) is 4.78. The lowest BCUT2D eigenvalue weighted by Crippen LogP contribution is -2.51. The van der Waals surface area contributed by atoms with E-state index in [-0.39, 0.29) is 11.8 Å². The van der Waals surface area contributed by atoms with Crippen LogP contribution in [-0.2, 0) is 16.1 Å². The normalized spacial score (nSPS) is 18.4. The van der Waals surface area contributed by atoms with Gasteiger partial charge in [0.15, 0.2) is 0 Å². The first kappa shape index (κ1) is 20.7. The van der Waals surface area contributed by atoms with Gasteiger partial charge >= 0.3 is 0 Å². The Labute approximate surface area is 181 Å². The van der Waals surface area contributed by atoms with E-state index in [1.807, 2.05) is 11.0 Å². The second-order valence-corrected chi connectivity index (χ2v) is 8.66. The molecule has 2 fully saturated rings. The molecule has 3 heterocycles. The molecule has 0 radical (unpaired) electrons. The van der Waals surface area contributed by atoms with E-state index in [9.17, 15) is 9.59 Å². The van der Waals surface area contributed by atoms with Gasteiger partial charge in [0.2, 0.25) is 22.9 Å². The molecule has 1 aromatic heterocycles. The summed E-state index contributed by atoms with van der Waals surface area (Å²) in [6, 6.07) is 10.5. The minimum Gasteiger partial charge on any atom is -0.347 e. The highest BCUT2D eigenvalue weighted by Gasteiger charge is 2.31. The van der Waals surface area contributed by atoms with Crippen molar-refractivity contribution in [1.29, 1.82) is 0 Å². The van der Waals surface area contributed by atoms with Gasteiger partial charge in [0.05, 0.1) is 0 Å². The highest BCUT2D eigenvalue weighted by Crippen LogP contribution is 2.27. The summed E-state index contributed by atoms with van der Waals surface area (Å²) < 4.78 is 4.17. The Morgan fingerprint density at radius 3 is 2.43 bits per heavy atom. The van der Waals surface area contributed by atoms with Crippen LogP contribution >= 0.6 is 11.5 Å². The molecule has 0 atom stereocenters. The number of piperazine rings is 1. The molecule has 1 N–H and O–H groups in total. The monoisotopic (exact) mass is 428 g/mol. The van der Waals surface area contributed by atoms with Gasteiger partial charge in [-0.3, -0.25) is 19.8 Å². The van der Waals surface area contributed by atoms with Gasteiger partial charge in [-0.1, -0.05) is 30.3 Å². The van der Waals surface area contributed by atoms with Crippen molar-refractivity contribution in [1.82, 2.24) is 19.2 Å². The van der Waals surface area contributed by atoms with Gasteiger partial charge in [-0.2, -0.15) is 9.36 Å². The molecule has 0 spiro atoms. The van der Waals surface area contributed by atoms with Crippen molar-refractivity contribution in [3.8, 4) is 0 Å². The van der Waals surface area contributed by atoms with E-state index in [2.05, 4.69) is 48.7 Å². The van der Waals surface area contributed by atoms with Crippen LogP contribution in [0.4, 0.5) is 11.1 Å². The molecule has 0 unspecified atom stereocenters. The van der Waals surface area contributed by atoms with E-state index >= 15 is 0 Å². The summed E-state index contributed by atoms with van der Waals surface area (Å²) in [5, 5.41) is 3.42. The summed E-state index contributed by atoms with van der Waals surface area (Å²) in [5.74, 6) is 0.566. The summed E-state index contributed by atoms with van der Waals surface area (Å²) in [4.78, 5) is 35.1. The summed E-state index contributed by atoms with van der Waals surface area (Å²) in [6.07, 6.45) is 1.66. The molecule has 4 rings (SSSR count). The number of piperidine rings is 1. The molecule has 2 aliphatic heterocycles. The third-order valence-corrected chi connectivity index (χ3v) is 6.53. The lowest BCUT2D eigenvalue weighted by Gasteiger charge is -2.38. The number of hydrogen-bond donors (Lipinski definition) is 1. The zero-order valence-corrected chi connectivity index (χ0v) is 18.1. The molecule has 0 bridgehead atoms. The highest BCUT2D eigenvalue weighted by molar-refractivity contribution is 7.09. The number of amides is 2. The van der Waals surface area contributed by atoms with Gasteiger partial charge in [-0.15, -0.1) is 0 Å². The minimum atomic E-state index is -0.174. The van der Waals surface area contributed by atoms with Crippen LogP contribution in [0.15, 0.2) is 30.3 Å². The van der Waals surface area contributed by atoms with Crippen LogP contribution in [-0.4, -0.2) is 70.2 Å². The number of benzene rings is 1. The maximum absolute atomic E-state index is 13.0. The van der Waals surface area contributed by atoms with Crippen molar-refractivity contribution in [2.24, 2.45) is 5.92 Å². The van der Waals surface area contributed by atoms with E-state index in [4.69, 9.17) is 0 Å².